The molecule has 0 saturated carbocycles. The van der Waals surface area contributed by atoms with E-state index in [-0.39, 0.29) is 27.4 Å². The molecular formula is C16H21N3O5S. The number of carboxylic acids is 1. The molecule has 1 aromatic carbocycles. The van der Waals surface area contributed by atoms with Crippen molar-refractivity contribution in [1.82, 2.24) is 9.78 Å². The fraction of sp³-hybridized carbons (Fsp3) is 0.375. The molecule has 2 aromatic rings. The van der Waals surface area contributed by atoms with Gasteiger partial charge in [0, 0.05) is 7.05 Å². The number of benzene rings is 1. The highest BCUT2D eigenvalue weighted by molar-refractivity contribution is 7.92. The molecule has 25 heavy (non-hydrogen) atoms. The summed E-state index contributed by atoms with van der Waals surface area (Å²) in [5.74, 6) is -1.12. The average molecular weight is 367 g/mol. The fourth-order valence-corrected chi connectivity index (χ4v) is 3.57. The molecule has 0 unspecified atom stereocenters. The van der Waals surface area contributed by atoms with E-state index in [0.29, 0.717) is 0 Å². The quantitative estimate of drug-likeness (QED) is 0.838. The largest absolute Gasteiger partial charge is 0.495 e. The summed E-state index contributed by atoms with van der Waals surface area (Å²) in [6, 6.07) is 4.90. The van der Waals surface area contributed by atoms with E-state index in [9.17, 15) is 18.3 Å². The Kier molecular flexibility index (Phi) is 4.81. The van der Waals surface area contributed by atoms with Crippen molar-refractivity contribution in [2.45, 2.75) is 31.1 Å². The van der Waals surface area contributed by atoms with E-state index in [0.717, 1.165) is 16.4 Å². The molecule has 0 bridgehead atoms. The van der Waals surface area contributed by atoms with E-state index in [4.69, 9.17) is 4.74 Å². The van der Waals surface area contributed by atoms with Crippen LogP contribution in [0.1, 0.15) is 36.8 Å². The predicted octanol–water partition coefficient (Wildman–Crippen LogP) is 2.23. The number of nitrogens with zero attached hydrogens (tertiary/aromatic N) is 2. The lowest BCUT2D eigenvalue weighted by atomic mass is 9.87. The van der Waals surface area contributed by atoms with Crippen molar-refractivity contribution in [2.24, 2.45) is 7.05 Å². The van der Waals surface area contributed by atoms with E-state index < -0.39 is 16.0 Å². The van der Waals surface area contributed by atoms with Gasteiger partial charge in [0.1, 0.15) is 16.3 Å². The lowest BCUT2D eigenvalue weighted by Gasteiger charge is -2.21. The Morgan fingerprint density at radius 3 is 2.48 bits per heavy atom. The molecule has 0 atom stereocenters. The van der Waals surface area contributed by atoms with Crippen LogP contribution in [0.4, 0.5) is 5.69 Å². The Bertz CT molecular complexity index is 910. The number of hydrogen-bond donors (Lipinski definition) is 2. The molecule has 2 rings (SSSR count). The Morgan fingerprint density at radius 1 is 1.32 bits per heavy atom. The van der Waals surface area contributed by atoms with Gasteiger partial charge in [0.05, 0.1) is 13.3 Å². The molecule has 9 heteroatoms. The van der Waals surface area contributed by atoms with Crippen molar-refractivity contribution in [2.75, 3.05) is 11.8 Å². The van der Waals surface area contributed by atoms with Crippen molar-refractivity contribution >= 4 is 21.7 Å². The molecule has 1 aromatic heterocycles. The number of anilines is 1. The van der Waals surface area contributed by atoms with Gasteiger partial charge in [-0.1, -0.05) is 26.8 Å². The first kappa shape index (κ1) is 18.8. The lowest BCUT2D eigenvalue weighted by Crippen LogP contribution is -2.18. The Morgan fingerprint density at radius 2 is 1.96 bits per heavy atom. The number of aromatic nitrogens is 2. The highest BCUT2D eigenvalue weighted by Crippen LogP contribution is 2.32. The standard InChI is InChI=1S/C16H21N3O5S/c1-16(2,3)10-6-7-12(24-5)13(8-10)25(22,23)18-11-9-17-19(4)14(11)15(20)21/h6-9,18H,1-5H3,(H,20,21). The highest BCUT2D eigenvalue weighted by Gasteiger charge is 2.26. The van der Waals surface area contributed by atoms with Gasteiger partial charge in [-0.2, -0.15) is 5.10 Å². The Balaban J connectivity index is 2.55. The molecule has 0 fully saturated rings. The molecule has 8 nitrogen and oxygen atoms in total. The number of carboxylic acid groups (broad SMARTS) is 1. The van der Waals surface area contributed by atoms with E-state index in [1.54, 1.807) is 12.1 Å². The summed E-state index contributed by atoms with van der Waals surface area (Å²) in [5.41, 5.74) is 0.169. The minimum atomic E-state index is -4.07. The first-order valence-electron chi connectivity index (χ1n) is 7.44. The predicted molar refractivity (Wildman–Crippen MR) is 92.7 cm³/mol. The van der Waals surface area contributed by atoms with Crippen molar-refractivity contribution in [3.05, 3.63) is 35.7 Å². The van der Waals surface area contributed by atoms with Gasteiger partial charge in [-0.3, -0.25) is 9.40 Å². The van der Waals surface area contributed by atoms with Gasteiger partial charge in [-0.05, 0) is 23.1 Å². The summed E-state index contributed by atoms with van der Waals surface area (Å²) >= 11 is 0. The molecule has 0 aliphatic carbocycles. The van der Waals surface area contributed by atoms with Crippen LogP contribution in [0.5, 0.6) is 5.75 Å². The molecule has 0 spiro atoms. The van der Waals surface area contributed by atoms with Crippen molar-refractivity contribution < 1.29 is 23.1 Å². The summed E-state index contributed by atoms with van der Waals surface area (Å²) in [6.45, 7) is 5.88. The summed E-state index contributed by atoms with van der Waals surface area (Å²) in [4.78, 5) is 11.2. The van der Waals surface area contributed by atoms with Gasteiger partial charge in [0.25, 0.3) is 10.0 Å². The summed E-state index contributed by atoms with van der Waals surface area (Å²) < 4.78 is 34.2. The van der Waals surface area contributed by atoms with Gasteiger partial charge in [-0.25, -0.2) is 13.2 Å². The Hall–Kier alpha value is -2.55. The number of carbonyl (C=O) groups is 1. The van der Waals surface area contributed by atoms with Crippen LogP contribution in [-0.2, 0) is 22.5 Å². The third-order valence-corrected chi connectivity index (χ3v) is 5.09. The van der Waals surface area contributed by atoms with Crippen molar-refractivity contribution in [3.8, 4) is 5.75 Å². The van der Waals surface area contributed by atoms with Crippen LogP contribution < -0.4 is 9.46 Å². The van der Waals surface area contributed by atoms with Crippen LogP contribution in [0.2, 0.25) is 0 Å². The third-order valence-electron chi connectivity index (χ3n) is 3.70. The molecular weight excluding hydrogens is 346 g/mol. The highest BCUT2D eigenvalue weighted by atomic mass is 32.2. The second-order valence-electron chi connectivity index (χ2n) is 6.56. The van der Waals surface area contributed by atoms with Crippen LogP contribution in [0.25, 0.3) is 0 Å². The molecule has 0 aliphatic rings. The number of sulfonamides is 1. The third kappa shape index (κ3) is 3.76. The summed E-state index contributed by atoms with van der Waals surface area (Å²) in [7, 11) is -1.28. The van der Waals surface area contributed by atoms with Crippen LogP contribution >= 0.6 is 0 Å². The maximum Gasteiger partial charge on any atom is 0.356 e. The molecule has 1 heterocycles. The zero-order valence-corrected chi connectivity index (χ0v) is 15.5. The monoisotopic (exact) mass is 367 g/mol. The van der Waals surface area contributed by atoms with E-state index in [2.05, 4.69) is 9.82 Å². The van der Waals surface area contributed by atoms with Crippen LogP contribution in [-0.4, -0.2) is 36.4 Å². The molecule has 0 aliphatic heterocycles. The van der Waals surface area contributed by atoms with Crippen LogP contribution in [0, 0.1) is 0 Å². The van der Waals surface area contributed by atoms with E-state index in [1.165, 1.54) is 20.2 Å². The molecule has 0 radical (unpaired) electrons. The lowest BCUT2D eigenvalue weighted by molar-refractivity contribution is 0.0686. The van der Waals surface area contributed by atoms with Gasteiger partial charge >= 0.3 is 5.97 Å². The normalized spacial score (nSPS) is 12.0. The van der Waals surface area contributed by atoms with Gasteiger partial charge in [-0.15, -0.1) is 0 Å². The number of methoxy groups -OCH3 is 1. The van der Waals surface area contributed by atoms with E-state index >= 15 is 0 Å². The molecule has 0 saturated heterocycles. The molecule has 136 valence electrons. The zero-order chi connectivity index (χ0) is 19.0. The topological polar surface area (TPSA) is 111 Å². The van der Waals surface area contributed by atoms with Crippen LogP contribution in [0.3, 0.4) is 0 Å². The number of hydrogen-bond acceptors (Lipinski definition) is 5. The second kappa shape index (κ2) is 6.40. The number of aryl methyl sites for hydroxylation is 1. The number of nitrogens with one attached hydrogen (secondary N) is 1. The number of rotatable bonds is 5. The van der Waals surface area contributed by atoms with E-state index in [1.807, 2.05) is 20.8 Å². The molecule has 2 N–H and O–H groups in total. The minimum absolute atomic E-state index is 0.0670. The minimum Gasteiger partial charge on any atom is -0.495 e. The number of aromatic carboxylic acids is 1. The first-order chi connectivity index (χ1) is 11.5. The average Bonchev–Trinajstić information content (AvgIpc) is 2.85. The Labute approximate surface area is 146 Å². The zero-order valence-electron chi connectivity index (χ0n) is 14.7. The summed E-state index contributed by atoms with van der Waals surface area (Å²) in [6.07, 6.45) is 1.15. The maximum absolute atomic E-state index is 12.8. The smallest absolute Gasteiger partial charge is 0.356 e. The van der Waals surface area contributed by atoms with Gasteiger partial charge in [0.2, 0.25) is 0 Å². The number of ether oxygens (including phenoxy) is 1. The summed E-state index contributed by atoms with van der Waals surface area (Å²) in [5, 5.41) is 13.0. The van der Waals surface area contributed by atoms with Crippen molar-refractivity contribution in [3.63, 3.8) is 0 Å². The second-order valence-corrected chi connectivity index (χ2v) is 8.21. The van der Waals surface area contributed by atoms with Gasteiger partial charge < -0.3 is 9.84 Å². The first-order valence-corrected chi connectivity index (χ1v) is 8.92. The van der Waals surface area contributed by atoms with Gasteiger partial charge in [0.15, 0.2) is 5.69 Å². The fourth-order valence-electron chi connectivity index (χ4n) is 2.32. The van der Waals surface area contributed by atoms with Crippen LogP contribution in [0.15, 0.2) is 29.3 Å². The maximum atomic E-state index is 12.8. The van der Waals surface area contributed by atoms with Crippen molar-refractivity contribution in [1.29, 1.82) is 0 Å². The SMILES string of the molecule is COc1ccc(C(C)(C)C)cc1S(=O)(=O)Nc1cnn(C)c1C(=O)O. The molecule has 0 amide bonds.